The lowest BCUT2D eigenvalue weighted by molar-refractivity contribution is -0.111. The van der Waals surface area contributed by atoms with Gasteiger partial charge in [0.05, 0.1) is 6.20 Å². The molecule has 0 fully saturated rings. The van der Waals surface area contributed by atoms with E-state index in [1.54, 1.807) is 29.3 Å². The van der Waals surface area contributed by atoms with E-state index in [1.807, 2.05) is 49.8 Å². The van der Waals surface area contributed by atoms with Crippen molar-refractivity contribution in [3.8, 4) is 11.1 Å². The second-order valence-corrected chi connectivity index (χ2v) is 5.97. The number of carbonyl (C=O) groups is 1. The average Bonchev–Trinajstić information content (AvgIpc) is 3.28. The molecule has 0 spiro atoms. The lowest BCUT2D eigenvalue weighted by atomic mass is 10.0. The summed E-state index contributed by atoms with van der Waals surface area (Å²) in [5.41, 5.74) is 4.54. The number of nitrogens with zero attached hydrogens (tertiary/aromatic N) is 3. The number of carbonyl (C=O) groups excluding carboxylic acids is 1. The number of hydrogen-bond donors (Lipinski definition) is 2. The van der Waals surface area contributed by atoms with Crippen molar-refractivity contribution in [2.24, 2.45) is 7.05 Å². The monoisotopic (exact) mass is 343 g/mol. The predicted molar refractivity (Wildman–Crippen MR) is 102 cm³/mol. The van der Waals surface area contributed by atoms with Gasteiger partial charge in [-0.1, -0.05) is 6.07 Å². The molecule has 0 aliphatic carbocycles. The van der Waals surface area contributed by atoms with Gasteiger partial charge >= 0.3 is 0 Å². The Morgan fingerprint density at radius 2 is 2.15 bits per heavy atom. The number of H-pyrrole nitrogens is 1. The van der Waals surface area contributed by atoms with Crippen molar-refractivity contribution in [2.75, 3.05) is 5.32 Å². The Labute approximate surface area is 150 Å². The van der Waals surface area contributed by atoms with Gasteiger partial charge in [0.25, 0.3) is 0 Å². The van der Waals surface area contributed by atoms with Crippen LogP contribution in [-0.2, 0) is 11.8 Å². The lowest BCUT2D eigenvalue weighted by Gasteiger charge is -2.04. The van der Waals surface area contributed by atoms with Crippen molar-refractivity contribution in [1.82, 2.24) is 19.7 Å². The SMILES string of the molecule is Cn1cc(-c2ccncc2/C=C/C(=O)Nc2ccc3cc[nH]c3c2)cn1. The zero-order valence-corrected chi connectivity index (χ0v) is 14.2. The zero-order valence-electron chi connectivity index (χ0n) is 14.2. The van der Waals surface area contributed by atoms with Crippen LogP contribution in [0.4, 0.5) is 5.69 Å². The minimum atomic E-state index is -0.197. The Hall–Kier alpha value is -3.67. The molecule has 0 bridgehead atoms. The topological polar surface area (TPSA) is 75.6 Å². The molecule has 0 atom stereocenters. The first-order valence-corrected chi connectivity index (χ1v) is 8.18. The van der Waals surface area contributed by atoms with Crippen LogP contribution in [0.15, 0.2) is 67.4 Å². The summed E-state index contributed by atoms with van der Waals surface area (Å²) >= 11 is 0. The van der Waals surface area contributed by atoms with Crippen LogP contribution in [0, 0.1) is 0 Å². The van der Waals surface area contributed by atoms with Crippen molar-refractivity contribution < 1.29 is 4.79 Å². The smallest absolute Gasteiger partial charge is 0.248 e. The van der Waals surface area contributed by atoms with Gasteiger partial charge in [-0.15, -0.1) is 0 Å². The summed E-state index contributed by atoms with van der Waals surface area (Å²) in [4.78, 5) is 19.6. The fourth-order valence-corrected chi connectivity index (χ4v) is 2.84. The number of amides is 1. The zero-order chi connectivity index (χ0) is 17.9. The molecule has 0 aliphatic rings. The maximum atomic E-state index is 12.3. The van der Waals surface area contributed by atoms with Gasteiger partial charge in [-0.3, -0.25) is 14.5 Å². The molecule has 4 aromatic rings. The normalized spacial score (nSPS) is 11.3. The standard InChI is InChI=1S/C20H17N5O/c1-25-13-16(12-23-25)18-7-8-21-11-15(18)3-5-20(26)24-17-4-2-14-6-9-22-19(14)10-17/h2-13,22H,1H3,(H,24,26)/b5-3+. The van der Waals surface area contributed by atoms with Crippen LogP contribution in [0.5, 0.6) is 0 Å². The number of benzene rings is 1. The highest BCUT2D eigenvalue weighted by atomic mass is 16.1. The van der Waals surface area contributed by atoms with Gasteiger partial charge in [0, 0.05) is 60.2 Å². The summed E-state index contributed by atoms with van der Waals surface area (Å²) < 4.78 is 1.74. The first-order valence-electron chi connectivity index (χ1n) is 8.18. The number of rotatable bonds is 4. The number of aryl methyl sites for hydroxylation is 1. The minimum absolute atomic E-state index is 0.197. The summed E-state index contributed by atoms with van der Waals surface area (Å²) in [5, 5.41) is 8.18. The summed E-state index contributed by atoms with van der Waals surface area (Å²) in [6.07, 6.45) is 12.3. The van der Waals surface area contributed by atoms with Gasteiger partial charge in [0.15, 0.2) is 0 Å². The van der Waals surface area contributed by atoms with Crippen molar-refractivity contribution in [3.05, 3.63) is 73.0 Å². The highest BCUT2D eigenvalue weighted by Crippen LogP contribution is 2.23. The van der Waals surface area contributed by atoms with E-state index in [0.717, 1.165) is 33.3 Å². The fourth-order valence-electron chi connectivity index (χ4n) is 2.84. The number of aromatic amines is 1. The van der Waals surface area contributed by atoms with E-state index in [2.05, 4.69) is 20.4 Å². The lowest BCUT2D eigenvalue weighted by Crippen LogP contribution is -2.07. The van der Waals surface area contributed by atoms with Crippen molar-refractivity contribution in [2.45, 2.75) is 0 Å². The molecule has 26 heavy (non-hydrogen) atoms. The third-order valence-electron chi connectivity index (χ3n) is 4.10. The van der Waals surface area contributed by atoms with Crippen molar-refractivity contribution in [3.63, 3.8) is 0 Å². The number of anilines is 1. The number of fused-ring (bicyclic) bond motifs is 1. The molecule has 0 unspecified atom stereocenters. The van der Waals surface area contributed by atoms with E-state index in [1.165, 1.54) is 6.08 Å². The Bertz CT molecular complexity index is 1110. The highest BCUT2D eigenvalue weighted by molar-refractivity contribution is 6.03. The second-order valence-electron chi connectivity index (χ2n) is 5.97. The van der Waals surface area contributed by atoms with Gasteiger partial charge in [0.2, 0.25) is 5.91 Å². The molecule has 1 amide bonds. The van der Waals surface area contributed by atoms with Crippen molar-refractivity contribution in [1.29, 1.82) is 0 Å². The van der Waals surface area contributed by atoms with E-state index >= 15 is 0 Å². The van der Waals surface area contributed by atoms with E-state index in [0.29, 0.717) is 0 Å². The molecular formula is C20H17N5O. The molecule has 1 aromatic carbocycles. The predicted octanol–water partition coefficient (Wildman–Crippen LogP) is 3.62. The van der Waals surface area contributed by atoms with Crippen LogP contribution >= 0.6 is 0 Å². The molecule has 2 N–H and O–H groups in total. The number of nitrogens with one attached hydrogen (secondary N) is 2. The van der Waals surface area contributed by atoms with Crippen LogP contribution in [0.25, 0.3) is 28.1 Å². The van der Waals surface area contributed by atoms with E-state index in [4.69, 9.17) is 0 Å². The van der Waals surface area contributed by atoms with Gasteiger partial charge < -0.3 is 10.3 Å². The van der Waals surface area contributed by atoms with Crippen molar-refractivity contribution >= 4 is 28.6 Å². The number of aromatic nitrogens is 4. The van der Waals surface area contributed by atoms with E-state index < -0.39 is 0 Å². The van der Waals surface area contributed by atoms with Gasteiger partial charge in [-0.2, -0.15) is 5.10 Å². The summed E-state index contributed by atoms with van der Waals surface area (Å²) in [5.74, 6) is -0.197. The first-order chi connectivity index (χ1) is 12.7. The van der Waals surface area contributed by atoms with Crippen LogP contribution < -0.4 is 5.32 Å². The van der Waals surface area contributed by atoms with Crippen LogP contribution in [0.2, 0.25) is 0 Å². The third kappa shape index (κ3) is 3.25. The maximum absolute atomic E-state index is 12.3. The molecule has 6 nitrogen and oxygen atoms in total. The Kier molecular flexibility index (Phi) is 4.07. The summed E-state index contributed by atoms with van der Waals surface area (Å²) in [6.45, 7) is 0. The molecule has 3 aromatic heterocycles. The molecule has 0 aliphatic heterocycles. The Morgan fingerprint density at radius 1 is 1.23 bits per heavy atom. The molecule has 0 saturated carbocycles. The minimum Gasteiger partial charge on any atom is -0.361 e. The molecule has 0 saturated heterocycles. The summed E-state index contributed by atoms with van der Waals surface area (Å²) in [7, 11) is 1.87. The number of pyridine rings is 1. The second kappa shape index (κ2) is 6.68. The quantitative estimate of drug-likeness (QED) is 0.556. The van der Waals surface area contributed by atoms with Gasteiger partial charge in [-0.05, 0) is 41.3 Å². The summed E-state index contributed by atoms with van der Waals surface area (Å²) in [6, 6.07) is 9.66. The van der Waals surface area contributed by atoms with Gasteiger partial charge in [0.1, 0.15) is 0 Å². The largest absolute Gasteiger partial charge is 0.361 e. The van der Waals surface area contributed by atoms with Crippen LogP contribution in [0.1, 0.15) is 5.56 Å². The third-order valence-corrected chi connectivity index (χ3v) is 4.10. The molecule has 6 heteroatoms. The molecule has 4 rings (SSSR count). The van der Waals surface area contributed by atoms with Gasteiger partial charge in [-0.25, -0.2) is 0 Å². The average molecular weight is 343 g/mol. The Morgan fingerprint density at radius 3 is 3.00 bits per heavy atom. The van der Waals surface area contributed by atoms with Crippen LogP contribution in [0.3, 0.4) is 0 Å². The number of hydrogen-bond acceptors (Lipinski definition) is 3. The molecular weight excluding hydrogens is 326 g/mol. The van der Waals surface area contributed by atoms with Crippen LogP contribution in [-0.4, -0.2) is 25.7 Å². The van der Waals surface area contributed by atoms with E-state index in [9.17, 15) is 4.79 Å². The molecule has 128 valence electrons. The molecule has 3 heterocycles. The maximum Gasteiger partial charge on any atom is 0.248 e. The Balaban J connectivity index is 1.53. The molecule has 0 radical (unpaired) electrons. The first kappa shape index (κ1) is 15.8. The van der Waals surface area contributed by atoms with E-state index in [-0.39, 0.29) is 5.91 Å². The fraction of sp³-hybridized carbons (Fsp3) is 0.0500. The highest BCUT2D eigenvalue weighted by Gasteiger charge is 2.06.